The lowest BCUT2D eigenvalue weighted by atomic mass is 10.0. The van der Waals surface area contributed by atoms with Crippen molar-refractivity contribution >= 4 is 75.3 Å². The summed E-state index contributed by atoms with van der Waals surface area (Å²) in [5.41, 5.74) is 5.49. The van der Waals surface area contributed by atoms with Gasteiger partial charge in [0.05, 0.1) is 16.8 Å². The SMILES string of the molecule is CC(C)C(NC(=O)c1ccc(Cl)cc1Cl)C(=O)NN=Cc1cn(Cc2ccc(Cl)cc2Cl)c2ccccc12. The van der Waals surface area contributed by atoms with Crippen molar-refractivity contribution in [1.82, 2.24) is 15.3 Å². The molecule has 0 radical (unpaired) electrons. The van der Waals surface area contributed by atoms with E-state index in [9.17, 15) is 9.59 Å². The lowest BCUT2D eigenvalue weighted by Crippen LogP contribution is -2.48. The van der Waals surface area contributed by atoms with Crippen molar-refractivity contribution in [2.45, 2.75) is 26.4 Å². The Balaban J connectivity index is 1.50. The van der Waals surface area contributed by atoms with E-state index in [-0.39, 0.29) is 16.5 Å². The number of rotatable bonds is 8. The molecule has 1 aromatic heterocycles. The third-order valence-corrected chi connectivity index (χ3v) is 7.10. The number of hydrogen-bond donors (Lipinski definition) is 2. The first-order chi connectivity index (χ1) is 18.1. The van der Waals surface area contributed by atoms with Crippen molar-refractivity contribution < 1.29 is 9.59 Å². The molecule has 1 unspecified atom stereocenters. The van der Waals surface area contributed by atoms with Crippen LogP contribution in [0.3, 0.4) is 0 Å². The number of nitrogens with one attached hydrogen (secondary N) is 2. The van der Waals surface area contributed by atoms with Gasteiger partial charge in [-0.1, -0.05) is 84.5 Å². The second-order valence-electron chi connectivity index (χ2n) is 9.02. The quantitative estimate of drug-likeness (QED) is 0.168. The van der Waals surface area contributed by atoms with Crippen molar-refractivity contribution in [3.63, 3.8) is 0 Å². The molecule has 0 bridgehead atoms. The van der Waals surface area contributed by atoms with Crippen LogP contribution in [0.15, 0.2) is 72.0 Å². The summed E-state index contributed by atoms with van der Waals surface area (Å²) in [7, 11) is 0. The average molecular weight is 590 g/mol. The molecule has 0 saturated carbocycles. The molecule has 10 heteroatoms. The standard InChI is InChI=1S/C28H24Cl4N4O2/c1-16(2)26(34-27(37)22-10-9-20(30)12-24(22)32)28(38)35-33-13-18-15-36(25-6-4-3-5-21(18)25)14-17-7-8-19(29)11-23(17)31/h3-13,15-16,26H,14H2,1-2H3,(H,34,37)(H,35,38). The number of aromatic nitrogens is 1. The first kappa shape index (κ1) is 28.0. The lowest BCUT2D eigenvalue weighted by molar-refractivity contribution is -0.123. The number of carbonyl (C=O) groups is 2. The van der Waals surface area contributed by atoms with Gasteiger partial charge in [0, 0.05) is 44.3 Å². The molecule has 1 atom stereocenters. The third kappa shape index (κ3) is 6.51. The highest BCUT2D eigenvalue weighted by molar-refractivity contribution is 6.37. The van der Waals surface area contributed by atoms with Gasteiger partial charge in [0.2, 0.25) is 0 Å². The fraction of sp³-hybridized carbons (Fsp3) is 0.179. The molecule has 6 nitrogen and oxygen atoms in total. The Morgan fingerprint density at radius 2 is 1.63 bits per heavy atom. The maximum atomic E-state index is 12.9. The minimum absolute atomic E-state index is 0.201. The summed E-state index contributed by atoms with van der Waals surface area (Å²) in [5.74, 6) is -1.13. The van der Waals surface area contributed by atoms with E-state index in [1.165, 1.54) is 12.1 Å². The molecule has 4 aromatic rings. The zero-order chi connectivity index (χ0) is 27.4. The molecule has 1 heterocycles. The Morgan fingerprint density at radius 1 is 0.947 bits per heavy atom. The van der Waals surface area contributed by atoms with E-state index in [0.717, 1.165) is 22.0 Å². The predicted molar refractivity (Wildman–Crippen MR) is 156 cm³/mol. The first-order valence-corrected chi connectivity index (χ1v) is 13.3. The van der Waals surface area contributed by atoms with Gasteiger partial charge in [-0.3, -0.25) is 9.59 Å². The largest absolute Gasteiger partial charge is 0.342 e. The Hall–Kier alpha value is -3.03. The molecule has 0 spiro atoms. The van der Waals surface area contributed by atoms with Gasteiger partial charge in [0.25, 0.3) is 11.8 Å². The summed E-state index contributed by atoms with van der Waals surface area (Å²) in [6.07, 6.45) is 3.52. The maximum Gasteiger partial charge on any atom is 0.262 e. The summed E-state index contributed by atoms with van der Waals surface area (Å²) < 4.78 is 2.06. The lowest BCUT2D eigenvalue weighted by Gasteiger charge is -2.20. The molecular weight excluding hydrogens is 566 g/mol. The van der Waals surface area contributed by atoms with Crippen LogP contribution < -0.4 is 10.7 Å². The second kappa shape index (κ2) is 12.2. The Kier molecular flexibility index (Phi) is 9.00. The highest BCUT2D eigenvalue weighted by atomic mass is 35.5. The van der Waals surface area contributed by atoms with Crippen LogP contribution in [0, 0.1) is 5.92 Å². The van der Waals surface area contributed by atoms with Crippen molar-refractivity contribution in [3.05, 3.63) is 104 Å². The Morgan fingerprint density at radius 3 is 2.32 bits per heavy atom. The van der Waals surface area contributed by atoms with E-state index in [2.05, 4.69) is 20.4 Å². The molecule has 38 heavy (non-hydrogen) atoms. The molecule has 3 aromatic carbocycles. The van der Waals surface area contributed by atoms with Crippen molar-refractivity contribution in [2.24, 2.45) is 11.0 Å². The van der Waals surface area contributed by atoms with Gasteiger partial charge in [-0.05, 0) is 47.9 Å². The van der Waals surface area contributed by atoms with Gasteiger partial charge in [-0.25, -0.2) is 5.43 Å². The number of fused-ring (bicyclic) bond motifs is 1. The first-order valence-electron chi connectivity index (χ1n) is 11.7. The fourth-order valence-corrected chi connectivity index (χ4v) is 4.97. The van der Waals surface area contributed by atoms with Crippen molar-refractivity contribution in [1.29, 1.82) is 0 Å². The monoisotopic (exact) mass is 588 g/mol. The zero-order valence-corrected chi connectivity index (χ0v) is 23.5. The normalized spacial score (nSPS) is 12.3. The van der Waals surface area contributed by atoms with Crippen LogP contribution in [0.4, 0.5) is 0 Å². The van der Waals surface area contributed by atoms with Crippen LogP contribution >= 0.6 is 46.4 Å². The highest BCUT2D eigenvalue weighted by Gasteiger charge is 2.25. The third-order valence-electron chi connectivity index (χ3n) is 5.97. The Bertz CT molecular complexity index is 1530. The predicted octanol–water partition coefficient (Wildman–Crippen LogP) is 7.21. The molecule has 0 aliphatic heterocycles. The van der Waals surface area contributed by atoms with Crippen LogP contribution in [0.5, 0.6) is 0 Å². The zero-order valence-electron chi connectivity index (χ0n) is 20.5. The average Bonchev–Trinajstić information content (AvgIpc) is 3.21. The minimum atomic E-state index is -0.834. The number of para-hydroxylation sites is 1. The molecule has 4 rings (SSSR count). The van der Waals surface area contributed by atoms with Crippen LogP contribution in [-0.2, 0) is 11.3 Å². The van der Waals surface area contributed by atoms with Crippen LogP contribution in [-0.4, -0.2) is 28.6 Å². The number of carbonyl (C=O) groups excluding carboxylic acids is 2. The number of benzene rings is 3. The number of amides is 2. The van der Waals surface area contributed by atoms with Gasteiger partial charge in [0.15, 0.2) is 0 Å². The van der Waals surface area contributed by atoms with Gasteiger partial charge < -0.3 is 9.88 Å². The smallest absolute Gasteiger partial charge is 0.262 e. The number of nitrogens with zero attached hydrogens (tertiary/aromatic N) is 2. The summed E-state index contributed by atoms with van der Waals surface area (Å²) in [6.45, 7) is 4.19. The minimum Gasteiger partial charge on any atom is -0.342 e. The topological polar surface area (TPSA) is 75.5 Å². The van der Waals surface area contributed by atoms with E-state index in [0.29, 0.717) is 21.6 Å². The molecule has 0 saturated heterocycles. The van der Waals surface area contributed by atoms with Crippen LogP contribution in [0.1, 0.15) is 35.3 Å². The van der Waals surface area contributed by atoms with Gasteiger partial charge in [-0.15, -0.1) is 0 Å². The highest BCUT2D eigenvalue weighted by Crippen LogP contribution is 2.26. The summed E-state index contributed by atoms with van der Waals surface area (Å²) in [6, 6.07) is 17.0. The molecule has 0 aliphatic rings. The molecule has 2 N–H and O–H groups in total. The van der Waals surface area contributed by atoms with Gasteiger partial charge >= 0.3 is 0 Å². The van der Waals surface area contributed by atoms with Gasteiger partial charge in [-0.2, -0.15) is 5.10 Å². The number of halogens is 4. The van der Waals surface area contributed by atoms with E-state index >= 15 is 0 Å². The summed E-state index contributed by atoms with van der Waals surface area (Å²) in [4.78, 5) is 25.7. The molecule has 196 valence electrons. The molecule has 0 aliphatic carbocycles. The van der Waals surface area contributed by atoms with Crippen molar-refractivity contribution in [3.8, 4) is 0 Å². The second-order valence-corrected chi connectivity index (χ2v) is 10.7. The molecule has 0 fully saturated rings. The van der Waals surface area contributed by atoms with E-state index in [1.807, 2.05) is 50.4 Å². The summed E-state index contributed by atoms with van der Waals surface area (Å²) in [5, 5.41) is 9.64. The number of hydrogen-bond acceptors (Lipinski definition) is 3. The van der Waals surface area contributed by atoms with E-state index < -0.39 is 17.9 Å². The number of hydrazone groups is 1. The van der Waals surface area contributed by atoms with Crippen molar-refractivity contribution in [2.75, 3.05) is 0 Å². The maximum absolute atomic E-state index is 12.9. The Labute approximate surface area is 240 Å². The van der Waals surface area contributed by atoms with Gasteiger partial charge in [0.1, 0.15) is 6.04 Å². The fourth-order valence-electron chi connectivity index (χ4n) is 4.00. The molecular formula is C28H24Cl4N4O2. The van der Waals surface area contributed by atoms with Crippen LogP contribution in [0.2, 0.25) is 20.1 Å². The molecule has 2 amide bonds. The van der Waals surface area contributed by atoms with E-state index in [1.54, 1.807) is 24.4 Å². The van der Waals surface area contributed by atoms with E-state index in [4.69, 9.17) is 46.4 Å². The summed E-state index contributed by atoms with van der Waals surface area (Å²) >= 11 is 24.5. The van der Waals surface area contributed by atoms with Crippen LogP contribution in [0.25, 0.3) is 10.9 Å².